The zero-order chi connectivity index (χ0) is 13.7. The average molecular weight is 256 g/mol. The van der Waals surface area contributed by atoms with Crippen LogP contribution in [0.15, 0.2) is 48.5 Å². The predicted octanol–water partition coefficient (Wildman–Crippen LogP) is 2.95. The highest BCUT2D eigenvalue weighted by Gasteiger charge is 2.12. The van der Waals surface area contributed by atoms with Crippen LogP contribution in [0.25, 0.3) is 0 Å². The Kier molecular flexibility index (Phi) is 4.55. The molecule has 3 N–H and O–H groups in total. The van der Waals surface area contributed by atoms with Crippen LogP contribution in [-0.2, 0) is 0 Å². The molecule has 0 fully saturated rings. The third-order valence-electron chi connectivity index (χ3n) is 3.08. The summed E-state index contributed by atoms with van der Waals surface area (Å²) in [4.78, 5) is 0. The summed E-state index contributed by atoms with van der Waals surface area (Å²) in [6, 6.07) is 16.3. The summed E-state index contributed by atoms with van der Waals surface area (Å²) in [6.45, 7) is 4.71. The van der Waals surface area contributed by atoms with Gasteiger partial charge in [0.15, 0.2) is 0 Å². The maximum atomic E-state index is 5.71. The minimum Gasteiger partial charge on any atom is -0.494 e. The number of rotatable bonds is 5. The molecule has 2 rings (SSSR count). The van der Waals surface area contributed by atoms with E-state index in [9.17, 15) is 0 Å². The first-order valence-corrected chi connectivity index (χ1v) is 6.50. The highest BCUT2D eigenvalue weighted by molar-refractivity contribution is 5.37. The Bertz CT molecular complexity index is 523. The van der Waals surface area contributed by atoms with Crippen molar-refractivity contribution in [2.45, 2.75) is 19.9 Å². The van der Waals surface area contributed by atoms with E-state index in [-0.39, 0.29) is 6.04 Å². The van der Waals surface area contributed by atoms with Crippen LogP contribution in [0.2, 0.25) is 0 Å². The van der Waals surface area contributed by atoms with Gasteiger partial charge in [-0.25, -0.2) is 5.43 Å². The molecule has 0 aliphatic heterocycles. The summed E-state index contributed by atoms with van der Waals surface area (Å²) >= 11 is 0. The normalized spacial score (nSPS) is 12.2. The van der Waals surface area contributed by atoms with Crippen molar-refractivity contribution >= 4 is 0 Å². The quantitative estimate of drug-likeness (QED) is 0.638. The van der Waals surface area contributed by atoms with E-state index in [1.165, 1.54) is 5.56 Å². The van der Waals surface area contributed by atoms with Crippen LogP contribution in [0.1, 0.15) is 29.7 Å². The van der Waals surface area contributed by atoms with Crippen LogP contribution < -0.4 is 16.0 Å². The van der Waals surface area contributed by atoms with Crippen LogP contribution >= 0.6 is 0 Å². The van der Waals surface area contributed by atoms with Gasteiger partial charge in [0.1, 0.15) is 5.75 Å². The van der Waals surface area contributed by atoms with E-state index in [4.69, 9.17) is 10.6 Å². The van der Waals surface area contributed by atoms with E-state index in [0.717, 1.165) is 16.9 Å². The summed E-state index contributed by atoms with van der Waals surface area (Å²) in [5.41, 5.74) is 6.34. The number of hydrazine groups is 1. The number of ether oxygens (including phenoxy) is 1. The molecule has 0 spiro atoms. The molecule has 1 atom stereocenters. The van der Waals surface area contributed by atoms with Gasteiger partial charge in [-0.1, -0.05) is 42.0 Å². The van der Waals surface area contributed by atoms with Crippen molar-refractivity contribution in [2.24, 2.45) is 5.84 Å². The summed E-state index contributed by atoms with van der Waals surface area (Å²) in [6.07, 6.45) is 0. The molecule has 0 heterocycles. The second-order valence-corrected chi connectivity index (χ2v) is 4.52. The van der Waals surface area contributed by atoms with Gasteiger partial charge in [-0.15, -0.1) is 0 Å². The van der Waals surface area contributed by atoms with E-state index in [1.807, 2.05) is 31.2 Å². The van der Waals surface area contributed by atoms with Gasteiger partial charge < -0.3 is 4.74 Å². The van der Waals surface area contributed by atoms with Crippen LogP contribution in [0.4, 0.5) is 0 Å². The van der Waals surface area contributed by atoms with Gasteiger partial charge in [-0.05, 0) is 37.1 Å². The second-order valence-electron chi connectivity index (χ2n) is 4.52. The fourth-order valence-electron chi connectivity index (χ4n) is 2.09. The molecule has 19 heavy (non-hydrogen) atoms. The molecule has 0 saturated carbocycles. The van der Waals surface area contributed by atoms with Gasteiger partial charge >= 0.3 is 0 Å². The highest BCUT2D eigenvalue weighted by atomic mass is 16.5. The Morgan fingerprint density at radius 2 is 1.84 bits per heavy atom. The van der Waals surface area contributed by atoms with Crippen molar-refractivity contribution in [2.75, 3.05) is 6.61 Å². The lowest BCUT2D eigenvalue weighted by Crippen LogP contribution is -2.28. The monoisotopic (exact) mass is 256 g/mol. The molecule has 3 heteroatoms. The molecule has 0 bridgehead atoms. The van der Waals surface area contributed by atoms with Crippen molar-refractivity contribution in [3.63, 3.8) is 0 Å². The highest BCUT2D eigenvalue weighted by Crippen LogP contribution is 2.24. The standard InChI is InChI=1S/C16H20N2O/c1-3-19-15-6-4-5-14(11-15)16(18-17)13-9-7-12(2)8-10-13/h4-11,16,18H,3,17H2,1-2H3. The number of nitrogens with two attached hydrogens (primary N) is 1. The Morgan fingerprint density at radius 1 is 1.11 bits per heavy atom. The minimum atomic E-state index is -0.0268. The number of hydrogen-bond donors (Lipinski definition) is 2. The predicted molar refractivity (Wildman–Crippen MR) is 78.0 cm³/mol. The number of benzene rings is 2. The molecule has 2 aromatic rings. The zero-order valence-electron chi connectivity index (χ0n) is 11.4. The van der Waals surface area contributed by atoms with Crippen LogP contribution in [0.3, 0.4) is 0 Å². The van der Waals surface area contributed by atoms with E-state index in [1.54, 1.807) is 0 Å². The lowest BCUT2D eigenvalue weighted by Gasteiger charge is -2.18. The number of hydrogen-bond acceptors (Lipinski definition) is 3. The fourth-order valence-corrected chi connectivity index (χ4v) is 2.09. The van der Waals surface area contributed by atoms with Gasteiger partial charge in [0.05, 0.1) is 12.6 Å². The Balaban J connectivity index is 2.30. The first-order chi connectivity index (χ1) is 9.24. The molecule has 100 valence electrons. The van der Waals surface area contributed by atoms with Gasteiger partial charge in [0.2, 0.25) is 0 Å². The molecule has 0 saturated heterocycles. The van der Waals surface area contributed by atoms with Crippen LogP contribution in [-0.4, -0.2) is 6.61 Å². The second kappa shape index (κ2) is 6.36. The Morgan fingerprint density at radius 3 is 2.47 bits per heavy atom. The Hall–Kier alpha value is -1.84. The summed E-state index contributed by atoms with van der Waals surface area (Å²) in [7, 11) is 0. The maximum Gasteiger partial charge on any atom is 0.119 e. The molecule has 0 aromatic heterocycles. The van der Waals surface area contributed by atoms with E-state index >= 15 is 0 Å². The molecule has 3 nitrogen and oxygen atoms in total. The summed E-state index contributed by atoms with van der Waals surface area (Å²) < 4.78 is 5.53. The fraction of sp³-hybridized carbons (Fsp3) is 0.250. The third-order valence-corrected chi connectivity index (χ3v) is 3.08. The lowest BCUT2D eigenvalue weighted by molar-refractivity contribution is 0.339. The van der Waals surface area contributed by atoms with Crippen LogP contribution in [0, 0.1) is 6.92 Å². The molecule has 1 unspecified atom stereocenters. The van der Waals surface area contributed by atoms with E-state index in [2.05, 4.69) is 36.6 Å². The first-order valence-electron chi connectivity index (χ1n) is 6.50. The van der Waals surface area contributed by atoms with Gasteiger partial charge in [0, 0.05) is 0 Å². The minimum absolute atomic E-state index is 0.0268. The van der Waals surface area contributed by atoms with Gasteiger partial charge in [0.25, 0.3) is 0 Å². The van der Waals surface area contributed by atoms with Gasteiger partial charge in [-0.3, -0.25) is 5.84 Å². The summed E-state index contributed by atoms with van der Waals surface area (Å²) in [5, 5.41) is 0. The topological polar surface area (TPSA) is 47.3 Å². The average Bonchev–Trinajstić information content (AvgIpc) is 2.43. The number of nitrogens with one attached hydrogen (secondary N) is 1. The molecule has 0 amide bonds. The molecular weight excluding hydrogens is 236 g/mol. The first kappa shape index (κ1) is 13.6. The van der Waals surface area contributed by atoms with Crippen LogP contribution in [0.5, 0.6) is 5.75 Å². The van der Waals surface area contributed by atoms with Crippen molar-refractivity contribution in [3.8, 4) is 5.75 Å². The zero-order valence-corrected chi connectivity index (χ0v) is 11.4. The largest absolute Gasteiger partial charge is 0.494 e. The van der Waals surface area contributed by atoms with Crippen molar-refractivity contribution < 1.29 is 4.74 Å². The third kappa shape index (κ3) is 3.34. The SMILES string of the molecule is CCOc1cccc(C(NN)c2ccc(C)cc2)c1. The molecule has 0 radical (unpaired) electrons. The maximum absolute atomic E-state index is 5.71. The van der Waals surface area contributed by atoms with E-state index < -0.39 is 0 Å². The molecule has 2 aromatic carbocycles. The van der Waals surface area contributed by atoms with Crippen molar-refractivity contribution in [1.29, 1.82) is 0 Å². The van der Waals surface area contributed by atoms with Gasteiger partial charge in [-0.2, -0.15) is 0 Å². The molecule has 0 aliphatic rings. The smallest absolute Gasteiger partial charge is 0.119 e. The van der Waals surface area contributed by atoms with Crippen molar-refractivity contribution in [1.82, 2.24) is 5.43 Å². The van der Waals surface area contributed by atoms with Crippen molar-refractivity contribution in [3.05, 3.63) is 65.2 Å². The molecule has 0 aliphatic carbocycles. The number of aryl methyl sites for hydroxylation is 1. The lowest BCUT2D eigenvalue weighted by atomic mass is 9.98. The van der Waals surface area contributed by atoms with E-state index in [0.29, 0.717) is 6.61 Å². The summed E-state index contributed by atoms with van der Waals surface area (Å²) in [5.74, 6) is 6.58. The molecular formula is C16H20N2O. The Labute approximate surface area is 114 Å².